The first-order valence-corrected chi connectivity index (χ1v) is 6.37. The van der Waals surface area contributed by atoms with Gasteiger partial charge in [0.25, 0.3) is 5.69 Å². The van der Waals surface area contributed by atoms with Gasteiger partial charge in [-0.15, -0.1) is 0 Å². The van der Waals surface area contributed by atoms with E-state index in [0.717, 1.165) is 0 Å². The molecule has 1 aromatic rings. The maximum atomic E-state index is 11.1. The maximum absolute atomic E-state index is 11.1. The average Bonchev–Trinajstić information content (AvgIpc) is 2.75. The summed E-state index contributed by atoms with van der Waals surface area (Å²) in [4.78, 5) is 23.0. The van der Waals surface area contributed by atoms with Gasteiger partial charge in [-0.25, -0.2) is 0 Å². The molecule has 0 spiro atoms. The summed E-state index contributed by atoms with van der Waals surface area (Å²) >= 11 is 6.01. The summed E-state index contributed by atoms with van der Waals surface area (Å²) in [7, 11) is 0. The maximum Gasteiger partial charge on any atom is 0.325 e. The molecule has 7 nitrogen and oxygen atoms in total. The number of hydrogen-bond acceptors (Lipinski definition) is 5. The molecule has 0 radical (unpaired) electrons. The number of carbonyl (C=O) groups is 1. The fourth-order valence-corrected chi connectivity index (χ4v) is 2.48. The third kappa shape index (κ3) is 2.90. The molecule has 1 saturated heterocycles. The van der Waals surface area contributed by atoms with Gasteiger partial charge in [-0.1, -0.05) is 11.6 Å². The lowest BCUT2D eigenvalue weighted by atomic mass is 10.0. The van der Waals surface area contributed by atoms with Crippen molar-refractivity contribution in [1.29, 1.82) is 0 Å². The number of halogens is 1. The molecule has 1 aliphatic rings. The number of nitro groups is 1. The van der Waals surface area contributed by atoms with E-state index >= 15 is 0 Å². The number of nitrogens with zero attached hydrogens (tertiary/aromatic N) is 2. The predicted molar refractivity (Wildman–Crippen MR) is 72.6 cm³/mol. The van der Waals surface area contributed by atoms with Gasteiger partial charge in [0.2, 0.25) is 0 Å². The first-order chi connectivity index (χ1) is 9.32. The number of non-ortho nitro benzene ring substituents is 1. The van der Waals surface area contributed by atoms with Gasteiger partial charge in [0, 0.05) is 31.8 Å². The lowest BCUT2D eigenvalue weighted by Gasteiger charge is -2.20. The van der Waals surface area contributed by atoms with Crippen LogP contribution in [0, 0.1) is 10.1 Å². The van der Waals surface area contributed by atoms with Crippen LogP contribution in [-0.2, 0) is 11.3 Å². The van der Waals surface area contributed by atoms with Crippen molar-refractivity contribution in [2.75, 3.05) is 13.1 Å². The van der Waals surface area contributed by atoms with E-state index in [-0.39, 0.29) is 12.2 Å². The number of carboxylic acids is 1. The van der Waals surface area contributed by atoms with Gasteiger partial charge in [-0.3, -0.25) is 19.8 Å². The molecule has 0 saturated carbocycles. The van der Waals surface area contributed by atoms with Crippen LogP contribution in [0.1, 0.15) is 12.0 Å². The summed E-state index contributed by atoms with van der Waals surface area (Å²) in [6.07, 6.45) is 0.368. The van der Waals surface area contributed by atoms with Crippen molar-refractivity contribution in [3.8, 4) is 0 Å². The molecule has 0 amide bonds. The molecule has 108 valence electrons. The second-order valence-electron chi connectivity index (χ2n) is 4.95. The van der Waals surface area contributed by atoms with Crippen LogP contribution in [0.25, 0.3) is 0 Å². The molecule has 0 aromatic heterocycles. The van der Waals surface area contributed by atoms with Gasteiger partial charge < -0.3 is 10.8 Å². The van der Waals surface area contributed by atoms with Crippen LogP contribution in [0.2, 0.25) is 5.02 Å². The Kier molecular flexibility index (Phi) is 3.94. The fraction of sp³-hybridized carbons (Fsp3) is 0.417. The zero-order chi connectivity index (χ0) is 14.9. The van der Waals surface area contributed by atoms with Crippen LogP contribution in [0.15, 0.2) is 18.2 Å². The Morgan fingerprint density at radius 2 is 2.30 bits per heavy atom. The first-order valence-electron chi connectivity index (χ1n) is 5.99. The van der Waals surface area contributed by atoms with Crippen molar-refractivity contribution in [2.45, 2.75) is 18.5 Å². The number of nitro benzene ring substituents is 1. The number of hydrogen-bond donors (Lipinski definition) is 2. The SMILES string of the molecule is NC1(C(=O)O)CCN(Cc2ccc([N+](=O)[O-])cc2Cl)C1. The Hall–Kier alpha value is -1.70. The monoisotopic (exact) mass is 299 g/mol. The molecule has 2 rings (SSSR count). The van der Waals surface area contributed by atoms with Gasteiger partial charge in [0.05, 0.1) is 9.95 Å². The highest BCUT2D eigenvalue weighted by molar-refractivity contribution is 6.31. The van der Waals surface area contributed by atoms with E-state index in [1.165, 1.54) is 12.1 Å². The molecular weight excluding hydrogens is 286 g/mol. The predicted octanol–water partition coefficient (Wildman–Crippen LogP) is 1.24. The van der Waals surface area contributed by atoms with E-state index in [1.54, 1.807) is 6.07 Å². The van der Waals surface area contributed by atoms with Crippen LogP contribution in [0.4, 0.5) is 5.69 Å². The molecule has 1 aromatic carbocycles. The molecule has 1 unspecified atom stereocenters. The van der Waals surface area contributed by atoms with Crippen LogP contribution >= 0.6 is 11.6 Å². The minimum atomic E-state index is -1.23. The van der Waals surface area contributed by atoms with Gasteiger partial charge in [0.1, 0.15) is 5.54 Å². The van der Waals surface area contributed by atoms with Crippen molar-refractivity contribution >= 4 is 23.3 Å². The molecule has 3 N–H and O–H groups in total. The highest BCUT2D eigenvalue weighted by Gasteiger charge is 2.41. The standard InChI is InChI=1S/C12H14ClN3O4/c13-10-5-9(16(19)20)2-1-8(10)6-15-4-3-12(14,7-15)11(17)18/h1-2,5H,3-4,6-7,14H2,(H,17,18). The minimum Gasteiger partial charge on any atom is -0.480 e. The van der Waals surface area contributed by atoms with Gasteiger partial charge in [-0.05, 0) is 18.1 Å². The fourth-order valence-electron chi connectivity index (χ4n) is 2.24. The highest BCUT2D eigenvalue weighted by Crippen LogP contribution is 2.26. The molecule has 1 atom stereocenters. The normalized spacial score (nSPS) is 22.9. The Bertz CT molecular complexity index is 566. The summed E-state index contributed by atoms with van der Waals surface area (Å²) in [6.45, 7) is 1.20. The molecule has 0 bridgehead atoms. The van der Waals surface area contributed by atoms with Gasteiger partial charge >= 0.3 is 5.97 Å². The largest absolute Gasteiger partial charge is 0.480 e. The van der Waals surface area contributed by atoms with E-state index in [4.69, 9.17) is 22.4 Å². The quantitative estimate of drug-likeness (QED) is 0.639. The molecule has 1 fully saturated rings. The molecule has 0 aliphatic carbocycles. The third-order valence-electron chi connectivity index (χ3n) is 3.45. The molecule has 8 heteroatoms. The summed E-state index contributed by atoms with van der Waals surface area (Å²) in [5, 5.41) is 20.0. The van der Waals surface area contributed by atoms with Crippen LogP contribution in [-0.4, -0.2) is 39.5 Å². The number of aliphatic carboxylic acids is 1. The third-order valence-corrected chi connectivity index (χ3v) is 3.80. The summed E-state index contributed by atoms with van der Waals surface area (Å²) in [5.74, 6) is -1.02. The second kappa shape index (κ2) is 5.35. The lowest BCUT2D eigenvalue weighted by Crippen LogP contribution is -2.50. The van der Waals surface area contributed by atoms with Crippen LogP contribution in [0.5, 0.6) is 0 Å². The zero-order valence-corrected chi connectivity index (χ0v) is 11.3. The Labute approximate surface area is 120 Å². The lowest BCUT2D eigenvalue weighted by molar-refractivity contribution is -0.384. The topological polar surface area (TPSA) is 110 Å². The first kappa shape index (κ1) is 14.7. The highest BCUT2D eigenvalue weighted by atomic mass is 35.5. The van der Waals surface area contributed by atoms with E-state index in [2.05, 4.69) is 0 Å². The Morgan fingerprint density at radius 3 is 2.80 bits per heavy atom. The smallest absolute Gasteiger partial charge is 0.325 e. The number of carboxylic acid groups (broad SMARTS) is 1. The Morgan fingerprint density at radius 1 is 1.60 bits per heavy atom. The van der Waals surface area contributed by atoms with Crippen molar-refractivity contribution in [3.63, 3.8) is 0 Å². The van der Waals surface area contributed by atoms with E-state index in [1.807, 2.05) is 4.90 Å². The van der Waals surface area contributed by atoms with Crippen molar-refractivity contribution in [1.82, 2.24) is 4.90 Å². The van der Waals surface area contributed by atoms with E-state index < -0.39 is 16.4 Å². The molecule has 1 aliphatic heterocycles. The summed E-state index contributed by atoms with van der Waals surface area (Å²) < 4.78 is 0. The van der Waals surface area contributed by atoms with Crippen LogP contribution < -0.4 is 5.73 Å². The Balaban J connectivity index is 2.09. The van der Waals surface area contributed by atoms with Crippen LogP contribution in [0.3, 0.4) is 0 Å². The van der Waals surface area contributed by atoms with E-state index in [9.17, 15) is 14.9 Å². The van der Waals surface area contributed by atoms with E-state index in [0.29, 0.717) is 30.1 Å². The zero-order valence-electron chi connectivity index (χ0n) is 10.6. The number of likely N-dealkylation sites (tertiary alicyclic amines) is 1. The number of rotatable bonds is 4. The number of benzene rings is 1. The summed E-state index contributed by atoms with van der Waals surface area (Å²) in [5.41, 5.74) is 5.20. The molecular formula is C12H14ClN3O4. The minimum absolute atomic E-state index is 0.0705. The number of nitrogens with two attached hydrogens (primary N) is 1. The van der Waals surface area contributed by atoms with Crippen molar-refractivity contribution < 1.29 is 14.8 Å². The van der Waals surface area contributed by atoms with Gasteiger partial charge in [0.15, 0.2) is 0 Å². The average molecular weight is 300 g/mol. The summed E-state index contributed by atoms with van der Waals surface area (Å²) in [6, 6.07) is 4.25. The molecule has 1 heterocycles. The van der Waals surface area contributed by atoms with Gasteiger partial charge in [-0.2, -0.15) is 0 Å². The molecule has 20 heavy (non-hydrogen) atoms. The van der Waals surface area contributed by atoms with Crippen molar-refractivity contribution in [2.24, 2.45) is 5.73 Å². The van der Waals surface area contributed by atoms with Crippen molar-refractivity contribution in [3.05, 3.63) is 38.9 Å². The second-order valence-corrected chi connectivity index (χ2v) is 5.36.